The number of nitrogens with zero attached hydrogens (tertiary/aromatic N) is 2. The standard InChI is InChI=1S/C12H18N4O/c1-4-5-12(2,3)8-14-10-6-9(7-13)15-11(17)16-10/h6H,4-5,8H2,1-3H3,(H2,14,15,16,17). The largest absolute Gasteiger partial charge is 0.369 e. The van der Waals surface area contributed by atoms with Gasteiger partial charge < -0.3 is 5.32 Å². The molecule has 1 heterocycles. The van der Waals surface area contributed by atoms with Gasteiger partial charge in [-0.2, -0.15) is 10.2 Å². The van der Waals surface area contributed by atoms with Crippen LogP contribution in [0.25, 0.3) is 0 Å². The Hall–Kier alpha value is -1.83. The van der Waals surface area contributed by atoms with Crippen LogP contribution in [-0.2, 0) is 0 Å². The van der Waals surface area contributed by atoms with Crippen molar-refractivity contribution in [2.45, 2.75) is 33.6 Å². The molecule has 0 unspecified atom stereocenters. The van der Waals surface area contributed by atoms with E-state index in [9.17, 15) is 4.79 Å². The van der Waals surface area contributed by atoms with Gasteiger partial charge in [-0.05, 0) is 11.8 Å². The molecule has 2 N–H and O–H groups in total. The molecule has 0 aromatic carbocycles. The molecule has 0 bridgehead atoms. The lowest BCUT2D eigenvalue weighted by molar-refractivity contribution is 0.354. The molecule has 0 atom stereocenters. The molecule has 5 heteroatoms. The molecule has 5 nitrogen and oxygen atoms in total. The number of H-pyrrole nitrogens is 1. The first-order valence-corrected chi connectivity index (χ1v) is 5.72. The predicted molar refractivity (Wildman–Crippen MR) is 66.8 cm³/mol. The lowest BCUT2D eigenvalue weighted by atomic mass is 9.88. The monoisotopic (exact) mass is 234 g/mol. The van der Waals surface area contributed by atoms with Crippen LogP contribution in [0, 0.1) is 16.7 Å². The van der Waals surface area contributed by atoms with Crippen LogP contribution < -0.4 is 11.0 Å². The molecule has 0 radical (unpaired) electrons. The van der Waals surface area contributed by atoms with Crippen molar-refractivity contribution in [1.82, 2.24) is 9.97 Å². The summed E-state index contributed by atoms with van der Waals surface area (Å²) in [4.78, 5) is 17.3. The summed E-state index contributed by atoms with van der Waals surface area (Å²) in [6.07, 6.45) is 2.20. The SMILES string of the molecule is CCCC(C)(C)CNc1cc(C#N)[nH]c(=O)n1. The summed E-state index contributed by atoms with van der Waals surface area (Å²) in [6, 6.07) is 3.44. The average molecular weight is 234 g/mol. The summed E-state index contributed by atoms with van der Waals surface area (Å²) in [5, 5.41) is 11.8. The lowest BCUT2D eigenvalue weighted by Gasteiger charge is -2.24. The molecule has 0 saturated heterocycles. The normalized spacial score (nSPS) is 10.9. The van der Waals surface area contributed by atoms with Gasteiger partial charge in [0, 0.05) is 12.6 Å². The number of hydrogen-bond donors (Lipinski definition) is 2. The molecule has 0 spiro atoms. The second kappa shape index (κ2) is 5.48. The fourth-order valence-electron chi connectivity index (χ4n) is 1.70. The van der Waals surface area contributed by atoms with Gasteiger partial charge in [-0.1, -0.05) is 27.2 Å². The molecule has 92 valence electrons. The highest BCUT2D eigenvalue weighted by atomic mass is 16.1. The molecule has 17 heavy (non-hydrogen) atoms. The quantitative estimate of drug-likeness (QED) is 0.815. The van der Waals surface area contributed by atoms with E-state index in [1.54, 1.807) is 6.07 Å². The number of nitriles is 1. The molecule has 1 aromatic heterocycles. The molecule has 0 fully saturated rings. The molecule has 0 saturated carbocycles. The first-order chi connectivity index (χ1) is 7.96. The minimum Gasteiger partial charge on any atom is -0.369 e. The average Bonchev–Trinajstić information content (AvgIpc) is 2.26. The molecule has 0 aliphatic rings. The number of aromatic nitrogens is 2. The van der Waals surface area contributed by atoms with Crippen LogP contribution in [0.3, 0.4) is 0 Å². The van der Waals surface area contributed by atoms with Gasteiger partial charge in [0.25, 0.3) is 0 Å². The molecule has 1 aromatic rings. The van der Waals surface area contributed by atoms with Gasteiger partial charge in [-0.25, -0.2) is 4.79 Å². The molecule has 0 amide bonds. The Balaban J connectivity index is 2.73. The summed E-state index contributed by atoms with van der Waals surface area (Å²) in [5.74, 6) is 0.453. The number of nitrogens with one attached hydrogen (secondary N) is 2. The van der Waals surface area contributed by atoms with Crippen LogP contribution in [0.1, 0.15) is 39.3 Å². The Morgan fingerprint density at radius 3 is 2.88 bits per heavy atom. The third-order valence-corrected chi connectivity index (χ3v) is 2.54. The van der Waals surface area contributed by atoms with Gasteiger partial charge in [-0.3, -0.25) is 4.98 Å². The molecular formula is C12H18N4O. The van der Waals surface area contributed by atoms with Crippen LogP contribution in [0.4, 0.5) is 5.82 Å². The summed E-state index contributed by atoms with van der Waals surface area (Å²) >= 11 is 0. The Bertz CT molecular complexity index is 470. The number of aromatic amines is 1. The fourth-order valence-corrected chi connectivity index (χ4v) is 1.70. The van der Waals surface area contributed by atoms with E-state index in [1.807, 2.05) is 6.07 Å². The van der Waals surface area contributed by atoms with Crippen LogP contribution >= 0.6 is 0 Å². The van der Waals surface area contributed by atoms with Gasteiger partial charge >= 0.3 is 5.69 Å². The highest BCUT2D eigenvalue weighted by Gasteiger charge is 2.16. The zero-order chi connectivity index (χ0) is 12.9. The maximum Gasteiger partial charge on any atom is 0.347 e. The minimum atomic E-state index is -0.500. The highest BCUT2D eigenvalue weighted by Crippen LogP contribution is 2.22. The van der Waals surface area contributed by atoms with Crippen LogP contribution in [0.5, 0.6) is 0 Å². The van der Waals surface area contributed by atoms with E-state index in [0.717, 1.165) is 19.4 Å². The third kappa shape index (κ3) is 4.27. The van der Waals surface area contributed by atoms with E-state index in [0.29, 0.717) is 5.82 Å². The van der Waals surface area contributed by atoms with E-state index in [1.165, 1.54) is 0 Å². The summed E-state index contributed by atoms with van der Waals surface area (Å²) in [6.45, 7) is 7.17. The Morgan fingerprint density at radius 2 is 2.29 bits per heavy atom. The maximum absolute atomic E-state index is 11.2. The smallest absolute Gasteiger partial charge is 0.347 e. The van der Waals surface area contributed by atoms with E-state index < -0.39 is 5.69 Å². The van der Waals surface area contributed by atoms with Crippen molar-refractivity contribution in [3.63, 3.8) is 0 Å². The fraction of sp³-hybridized carbons (Fsp3) is 0.583. The molecule has 0 aliphatic carbocycles. The van der Waals surface area contributed by atoms with Gasteiger partial charge in [0.2, 0.25) is 0 Å². The Morgan fingerprint density at radius 1 is 1.59 bits per heavy atom. The lowest BCUT2D eigenvalue weighted by Crippen LogP contribution is -2.24. The Labute approximate surface area is 101 Å². The van der Waals surface area contributed by atoms with Crippen LogP contribution in [0.15, 0.2) is 10.9 Å². The van der Waals surface area contributed by atoms with Gasteiger partial charge in [0.05, 0.1) is 0 Å². The van der Waals surface area contributed by atoms with Crippen molar-refractivity contribution in [3.05, 3.63) is 22.2 Å². The molecule has 1 rings (SSSR count). The third-order valence-electron chi connectivity index (χ3n) is 2.54. The second-order valence-corrected chi connectivity index (χ2v) is 4.86. The topological polar surface area (TPSA) is 81.6 Å². The van der Waals surface area contributed by atoms with Crippen molar-refractivity contribution in [1.29, 1.82) is 5.26 Å². The number of rotatable bonds is 5. The van der Waals surface area contributed by atoms with Gasteiger partial charge in [0.1, 0.15) is 17.6 Å². The van der Waals surface area contributed by atoms with E-state index in [2.05, 4.69) is 36.1 Å². The molecular weight excluding hydrogens is 216 g/mol. The first kappa shape index (κ1) is 13.2. The van der Waals surface area contributed by atoms with Crippen LogP contribution in [0.2, 0.25) is 0 Å². The van der Waals surface area contributed by atoms with E-state index in [4.69, 9.17) is 5.26 Å². The zero-order valence-electron chi connectivity index (χ0n) is 10.5. The minimum absolute atomic E-state index is 0.145. The second-order valence-electron chi connectivity index (χ2n) is 4.86. The summed E-state index contributed by atoms with van der Waals surface area (Å²) < 4.78 is 0. The zero-order valence-corrected chi connectivity index (χ0v) is 10.5. The van der Waals surface area contributed by atoms with Crippen molar-refractivity contribution >= 4 is 5.82 Å². The van der Waals surface area contributed by atoms with Crippen molar-refractivity contribution in [2.75, 3.05) is 11.9 Å². The van der Waals surface area contributed by atoms with Crippen molar-refractivity contribution < 1.29 is 0 Å². The van der Waals surface area contributed by atoms with Crippen LogP contribution in [-0.4, -0.2) is 16.5 Å². The maximum atomic E-state index is 11.2. The van der Waals surface area contributed by atoms with E-state index >= 15 is 0 Å². The Kier molecular flexibility index (Phi) is 4.27. The van der Waals surface area contributed by atoms with Crippen molar-refractivity contribution in [3.8, 4) is 6.07 Å². The number of hydrogen-bond acceptors (Lipinski definition) is 4. The highest BCUT2D eigenvalue weighted by molar-refractivity contribution is 5.38. The van der Waals surface area contributed by atoms with Gasteiger partial charge in [-0.15, -0.1) is 0 Å². The molecule has 0 aliphatic heterocycles. The van der Waals surface area contributed by atoms with E-state index in [-0.39, 0.29) is 11.1 Å². The van der Waals surface area contributed by atoms with Gasteiger partial charge in [0.15, 0.2) is 0 Å². The summed E-state index contributed by atoms with van der Waals surface area (Å²) in [5.41, 5.74) is -0.132. The first-order valence-electron chi connectivity index (χ1n) is 5.72. The summed E-state index contributed by atoms with van der Waals surface area (Å²) in [7, 11) is 0. The number of anilines is 1. The van der Waals surface area contributed by atoms with Crippen molar-refractivity contribution in [2.24, 2.45) is 5.41 Å². The predicted octanol–water partition coefficient (Wildman–Crippen LogP) is 1.88.